The lowest BCUT2D eigenvalue weighted by Crippen LogP contribution is -2.10. The van der Waals surface area contributed by atoms with Crippen molar-refractivity contribution in [1.29, 1.82) is 0 Å². The van der Waals surface area contributed by atoms with E-state index in [1.165, 1.54) is 25.3 Å². The van der Waals surface area contributed by atoms with Gasteiger partial charge in [-0.05, 0) is 24.6 Å². The molecule has 0 aliphatic rings. The molecule has 100 valence electrons. The summed E-state index contributed by atoms with van der Waals surface area (Å²) in [5.41, 5.74) is 0. The van der Waals surface area contributed by atoms with Gasteiger partial charge in [0.25, 0.3) is 0 Å². The molecule has 1 aromatic rings. The molecule has 0 atom stereocenters. The number of sulfone groups is 1. The van der Waals surface area contributed by atoms with E-state index < -0.39 is 15.8 Å². The van der Waals surface area contributed by atoms with Gasteiger partial charge >= 0.3 is 5.97 Å². The number of carbonyl (C=O) groups is 1. The Morgan fingerprint density at radius 3 is 2.61 bits per heavy atom. The Hall–Kier alpha value is -0.780. The number of benzene rings is 1. The molecule has 0 bridgehead atoms. The van der Waals surface area contributed by atoms with Gasteiger partial charge < -0.3 is 4.74 Å². The standard InChI is InChI=1S/C11H12Cl2O4S/c1-17-11(14)3-2-6-18(15,16)10-7-8(12)4-5-9(10)13/h4-5,7H,2-3,6H2,1H3. The van der Waals surface area contributed by atoms with Crippen LogP contribution in [-0.2, 0) is 19.4 Å². The van der Waals surface area contributed by atoms with Crippen molar-refractivity contribution in [3.8, 4) is 0 Å². The fraction of sp³-hybridized carbons (Fsp3) is 0.364. The van der Waals surface area contributed by atoms with Crippen LogP contribution in [0.2, 0.25) is 10.0 Å². The van der Waals surface area contributed by atoms with Crippen molar-refractivity contribution in [2.75, 3.05) is 12.9 Å². The first-order valence-corrected chi connectivity index (χ1v) is 7.52. The predicted molar refractivity (Wildman–Crippen MR) is 69.8 cm³/mol. The number of halogens is 2. The summed E-state index contributed by atoms with van der Waals surface area (Å²) in [7, 11) is -2.29. The van der Waals surface area contributed by atoms with E-state index in [2.05, 4.69) is 4.74 Å². The molecular formula is C11H12Cl2O4S. The predicted octanol–water partition coefficient (Wildman–Crippen LogP) is 2.72. The molecule has 0 unspecified atom stereocenters. The van der Waals surface area contributed by atoms with Crippen LogP contribution in [0.25, 0.3) is 0 Å². The summed E-state index contributed by atoms with van der Waals surface area (Å²) in [6, 6.07) is 4.24. The maximum absolute atomic E-state index is 12.0. The highest BCUT2D eigenvalue weighted by Gasteiger charge is 2.19. The van der Waals surface area contributed by atoms with Gasteiger partial charge in [-0.3, -0.25) is 4.79 Å². The minimum absolute atomic E-state index is 0.0125. The molecule has 0 spiro atoms. The average molecular weight is 311 g/mol. The molecule has 0 aliphatic heterocycles. The van der Waals surface area contributed by atoms with Crippen molar-refractivity contribution in [2.45, 2.75) is 17.7 Å². The number of rotatable bonds is 5. The molecule has 0 saturated carbocycles. The van der Waals surface area contributed by atoms with Gasteiger partial charge in [0, 0.05) is 11.4 Å². The van der Waals surface area contributed by atoms with Gasteiger partial charge in [-0.2, -0.15) is 0 Å². The van der Waals surface area contributed by atoms with Gasteiger partial charge in [-0.25, -0.2) is 8.42 Å². The molecular weight excluding hydrogens is 299 g/mol. The second-order valence-electron chi connectivity index (χ2n) is 3.57. The van der Waals surface area contributed by atoms with Crippen molar-refractivity contribution in [3.63, 3.8) is 0 Å². The van der Waals surface area contributed by atoms with Crippen LogP contribution >= 0.6 is 23.2 Å². The van der Waals surface area contributed by atoms with Crippen molar-refractivity contribution >= 4 is 39.0 Å². The molecule has 0 N–H and O–H groups in total. The van der Waals surface area contributed by atoms with Crippen LogP contribution in [-0.4, -0.2) is 27.2 Å². The lowest BCUT2D eigenvalue weighted by atomic mass is 10.3. The minimum atomic E-state index is -3.54. The second kappa shape index (κ2) is 6.41. The van der Waals surface area contributed by atoms with Crippen LogP contribution < -0.4 is 0 Å². The van der Waals surface area contributed by atoms with Crippen molar-refractivity contribution in [2.24, 2.45) is 0 Å². The molecule has 0 amide bonds. The van der Waals surface area contributed by atoms with Gasteiger partial charge in [-0.15, -0.1) is 0 Å². The second-order valence-corrected chi connectivity index (χ2v) is 6.49. The normalized spacial score (nSPS) is 11.3. The highest BCUT2D eigenvalue weighted by Crippen LogP contribution is 2.26. The average Bonchev–Trinajstić information content (AvgIpc) is 2.31. The summed E-state index contributed by atoms with van der Waals surface area (Å²) in [6.45, 7) is 0. The van der Waals surface area contributed by atoms with Gasteiger partial charge in [0.15, 0.2) is 9.84 Å². The molecule has 0 heterocycles. The van der Waals surface area contributed by atoms with E-state index in [1.54, 1.807) is 0 Å². The minimum Gasteiger partial charge on any atom is -0.469 e. The quantitative estimate of drug-likeness (QED) is 0.785. The molecule has 0 radical (unpaired) electrons. The van der Waals surface area contributed by atoms with Crippen molar-refractivity contribution < 1.29 is 17.9 Å². The molecule has 1 aromatic carbocycles. The number of esters is 1. The Morgan fingerprint density at radius 2 is 2.00 bits per heavy atom. The monoisotopic (exact) mass is 310 g/mol. The highest BCUT2D eigenvalue weighted by molar-refractivity contribution is 7.91. The van der Waals surface area contributed by atoms with E-state index in [4.69, 9.17) is 23.2 Å². The summed E-state index contributed by atoms with van der Waals surface area (Å²) < 4.78 is 28.4. The molecule has 4 nitrogen and oxygen atoms in total. The number of hydrogen-bond acceptors (Lipinski definition) is 4. The van der Waals surface area contributed by atoms with Crippen LogP contribution in [0.4, 0.5) is 0 Å². The number of hydrogen-bond donors (Lipinski definition) is 0. The van der Waals surface area contributed by atoms with E-state index >= 15 is 0 Å². The zero-order chi connectivity index (χ0) is 13.8. The van der Waals surface area contributed by atoms with E-state index in [0.29, 0.717) is 5.02 Å². The third kappa shape index (κ3) is 4.15. The molecule has 0 fully saturated rings. The molecule has 18 heavy (non-hydrogen) atoms. The first kappa shape index (κ1) is 15.3. The van der Waals surface area contributed by atoms with Gasteiger partial charge in [0.1, 0.15) is 0 Å². The third-order valence-electron chi connectivity index (χ3n) is 2.25. The highest BCUT2D eigenvalue weighted by atomic mass is 35.5. The van der Waals surface area contributed by atoms with Crippen LogP contribution in [0.1, 0.15) is 12.8 Å². The van der Waals surface area contributed by atoms with E-state index in [0.717, 1.165) is 0 Å². The molecule has 0 aromatic heterocycles. The lowest BCUT2D eigenvalue weighted by Gasteiger charge is -2.06. The van der Waals surface area contributed by atoms with Crippen molar-refractivity contribution in [1.82, 2.24) is 0 Å². The zero-order valence-corrected chi connectivity index (χ0v) is 12.0. The summed E-state index contributed by atoms with van der Waals surface area (Å²) >= 11 is 11.6. The van der Waals surface area contributed by atoms with E-state index in [1.807, 2.05) is 0 Å². The van der Waals surface area contributed by atoms with E-state index in [9.17, 15) is 13.2 Å². The molecule has 1 rings (SSSR count). The maximum Gasteiger partial charge on any atom is 0.305 e. The first-order valence-electron chi connectivity index (χ1n) is 5.11. The summed E-state index contributed by atoms with van der Waals surface area (Å²) in [6.07, 6.45) is 0.228. The maximum atomic E-state index is 12.0. The van der Waals surface area contributed by atoms with Crippen molar-refractivity contribution in [3.05, 3.63) is 28.2 Å². The van der Waals surface area contributed by atoms with Crippen LogP contribution in [0.3, 0.4) is 0 Å². The number of methoxy groups -OCH3 is 1. The Morgan fingerprint density at radius 1 is 1.33 bits per heavy atom. The van der Waals surface area contributed by atoms with Crippen LogP contribution in [0.5, 0.6) is 0 Å². The Balaban J connectivity index is 2.80. The smallest absolute Gasteiger partial charge is 0.305 e. The molecule has 0 saturated heterocycles. The van der Waals surface area contributed by atoms with Gasteiger partial charge in [0.05, 0.1) is 22.8 Å². The largest absolute Gasteiger partial charge is 0.469 e. The summed E-state index contributed by atoms with van der Waals surface area (Å²) in [5.74, 6) is -0.621. The van der Waals surface area contributed by atoms with Gasteiger partial charge in [-0.1, -0.05) is 23.2 Å². The Labute approximate surface area is 116 Å². The summed E-state index contributed by atoms with van der Waals surface area (Å²) in [5, 5.41) is 0.420. The lowest BCUT2D eigenvalue weighted by molar-refractivity contribution is -0.140. The van der Waals surface area contributed by atoms with Gasteiger partial charge in [0.2, 0.25) is 0 Å². The van der Waals surface area contributed by atoms with Crippen LogP contribution in [0.15, 0.2) is 23.1 Å². The summed E-state index contributed by atoms with van der Waals surface area (Å²) in [4.78, 5) is 10.9. The SMILES string of the molecule is COC(=O)CCCS(=O)(=O)c1cc(Cl)ccc1Cl. The topological polar surface area (TPSA) is 60.4 Å². The molecule has 0 aliphatic carbocycles. The first-order chi connectivity index (χ1) is 8.36. The van der Waals surface area contributed by atoms with E-state index in [-0.39, 0.29) is 28.5 Å². The Bertz CT molecular complexity index is 540. The number of ether oxygens (including phenoxy) is 1. The fourth-order valence-electron chi connectivity index (χ4n) is 1.33. The van der Waals surface area contributed by atoms with Crippen LogP contribution in [0, 0.1) is 0 Å². The fourth-order valence-corrected chi connectivity index (χ4v) is 3.46. The Kier molecular flexibility index (Phi) is 5.44. The zero-order valence-electron chi connectivity index (χ0n) is 9.65. The third-order valence-corrected chi connectivity index (χ3v) is 4.76. The number of carbonyl (C=O) groups excluding carboxylic acids is 1. The molecule has 7 heteroatoms.